The molecule has 104 valence electrons. The largest absolute Gasteiger partial charge is 0.496 e. The zero-order valence-electron chi connectivity index (χ0n) is 12.6. The van der Waals surface area contributed by atoms with Crippen molar-refractivity contribution in [3.05, 3.63) is 28.8 Å². The third-order valence-electron chi connectivity index (χ3n) is 4.36. The van der Waals surface area contributed by atoms with E-state index in [0.29, 0.717) is 0 Å². The Hall–Kier alpha value is -1.51. The lowest BCUT2D eigenvalue weighted by atomic mass is 9.84. The molecule has 0 aromatic heterocycles. The summed E-state index contributed by atoms with van der Waals surface area (Å²) in [6.45, 7) is 8.26. The van der Waals surface area contributed by atoms with Gasteiger partial charge in [0.25, 0.3) is 0 Å². The molecular weight excluding hydrogens is 240 g/mol. The summed E-state index contributed by atoms with van der Waals surface area (Å²) in [6.07, 6.45) is 0.799. The molecule has 1 saturated carbocycles. The Bertz CT molecular complexity index is 531. The molecule has 0 aliphatic heterocycles. The monoisotopic (exact) mass is 262 g/mol. The Morgan fingerprint density at radius 2 is 1.79 bits per heavy atom. The summed E-state index contributed by atoms with van der Waals surface area (Å²) in [4.78, 5) is 12.3. The number of rotatable bonds is 3. The van der Waals surface area contributed by atoms with Crippen LogP contribution in [0.3, 0.4) is 0 Å². The fraction of sp³-hybridized carbons (Fsp3) is 0.562. The SMILES string of the molecule is COC(=O)C1(c2c(C)cc(C)cc2OC)CC1(C)C. The minimum Gasteiger partial charge on any atom is -0.496 e. The van der Waals surface area contributed by atoms with Crippen molar-refractivity contribution >= 4 is 5.97 Å². The van der Waals surface area contributed by atoms with Crippen LogP contribution in [0.25, 0.3) is 0 Å². The number of benzene rings is 1. The summed E-state index contributed by atoms with van der Waals surface area (Å²) in [5.74, 6) is 0.622. The molecule has 1 unspecified atom stereocenters. The van der Waals surface area contributed by atoms with E-state index in [4.69, 9.17) is 9.47 Å². The number of carbonyl (C=O) groups excluding carboxylic acids is 1. The summed E-state index contributed by atoms with van der Waals surface area (Å²) in [7, 11) is 3.10. The van der Waals surface area contributed by atoms with Crippen LogP contribution in [0.5, 0.6) is 5.75 Å². The number of methoxy groups -OCH3 is 2. The standard InChI is InChI=1S/C16H22O3/c1-10-7-11(2)13(12(8-10)18-5)16(14(17)19-6)9-15(16,3)4/h7-8H,9H2,1-6H3. The van der Waals surface area contributed by atoms with Crippen molar-refractivity contribution in [3.63, 3.8) is 0 Å². The minimum absolute atomic E-state index is 0.0899. The normalized spacial score (nSPS) is 23.9. The fourth-order valence-electron chi connectivity index (χ4n) is 3.31. The summed E-state index contributed by atoms with van der Waals surface area (Å²) >= 11 is 0. The van der Waals surface area contributed by atoms with Crippen molar-refractivity contribution in [1.29, 1.82) is 0 Å². The number of hydrogen-bond donors (Lipinski definition) is 0. The minimum atomic E-state index is -0.565. The van der Waals surface area contributed by atoms with E-state index in [-0.39, 0.29) is 11.4 Å². The van der Waals surface area contributed by atoms with Gasteiger partial charge in [-0.2, -0.15) is 0 Å². The van der Waals surface area contributed by atoms with Gasteiger partial charge >= 0.3 is 5.97 Å². The van der Waals surface area contributed by atoms with Gasteiger partial charge in [-0.1, -0.05) is 19.9 Å². The van der Waals surface area contributed by atoms with E-state index in [2.05, 4.69) is 19.9 Å². The van der Waals surface area contributed by atoms with Crippen molar-refractivity contribution in [2.45, 2.75) is 39.5 Å². The van der Waals surface area contributed by atoms with Crippen molar-refractivity contribution in [2.75, 3.05) is 14.2 Å². The van der Waals surface area contributed by atoms with E-state index in [1.54, 1.807) is 7.11 Å². The first-order chi connectivity index (χ1) is 8.80. The van der Waals surface area contributed by atoms with E-state index in [9.17, 15) is 4.79 Å². The molecule has 19 heavy (non-hydrogen) atoms. The molecule has 1 aliphatic rings. The lowest BCUT2D eigenvalue weighted by molar-refractivity contribution is -0.144. The van der Waals surface area contributed by atoms with Crippen LogP contribution in [-0.2, 0) is 14.9 Å². The summed E-state index contributed by atoms with van der Waals surface area (Å²) in [6, 6.07) is 4.08. The Morgan fingerprint density at radius 3 is 2.21 bits per heavy atom. The van der Waals surface area contributed by atoms with Gasteiger partial charge in [-0.05, 0) is 42.9 Å². The highest BCUT2D eigenvalue weighted by Gasteiger charge is 2.69. The van der Waals surface area contributed by atoms with Gasteiger partial charge in [-0.15, -0.1) is 0 Å². The zero-order valence-corrected chi connectivity index (χ0v) is 12.6. The Kier molecular flexibility index (Phi) is 3.12. The molecule has 0 N–H and O–H groups in total. The highest BCUT2D eigenvalue weighted by molar-refractivity contribution is 5.90. The van der Waals surface area contributed by atoms with Crippen LogP contribution in [0, 0.1) is 19.3 Å². The van der Waals surface area contributed by atoms with Crippen molar-refractivity contribution in [3.8, 4) is 5.75 Å². The van der Waals surface area contributed by atoms with Gasteiger partial charge in [0.05, 0.1) is 14.2 Å². The van der Waals surface area contributed by atoms with Crippen LogP contribution in [0.1, 0.15) is 37.0 Å². The van der Waals surface area contributed by atoms with Crippen LogP contribution in [0.2, 0.25) is 0 Å². The number of hydrogen-bond acceptors (Lipinski definition) is 3. The summed E-state index contributed by atoms with van der Waals surface area (Å²) in [5, 5.41) is 0. The Labute approximate surface area is 114 Å². The van der Waals surface area contributed by atoms with Gasteiger partial charge < -0.3 is 9.47 Å². The quantitative estimate of drug-likeness (QED) is 0.785. The van der Waals surface area contributed by atoms with Gasteiger partial charge in [0.1, 0.15) is 11.2 Å². The molecule has 1 atom stereocenters. The summed E-state index contributed by atoms with van der Waals surface area (Å²) < 4.78 is 10.6. The van der Waals surface area contributed by atoms with Crippen LogP contribution >= 0.6 is 0 Å². The van der Waals surface area contributed by atoms with Crippen molar-refractivity contribution in [2.24, 2.45) is 5.41 Å². The molecular formula is C16H22O3. The molecule has 2 rings (SSSR count). The maximum absolute atomic E-state index is 12.3. The first kappa shape index (κ1) is 13.9. The van der Waals surface area contributed by atoms with Gasteiger partial charge in [0.2, 0.25) is 0 Å². The van der Waals surface area contributed by atoms with Gasteiger partial charge in [0, 0.05) is 5.56 Å². The first-order valence-electron chi connectivity index (χ1n) is 6.54. The second-order valence-electron chi connectivity index (χ2n) is 6.12. The van der Waals surface area contributed by atoms with Crippen LogP contribution < -0.4 is 4.74 Å². The van der Waals surface area contributed by atoms with Crippen LogP contribution in [0.4, 0.5) is 0 Å². The lowest BCUT2D eigenvalue weighted by Crippen LogP contribution is -2.29. The van der Waals surface area contributed by atoms with Gasteiger partial charge in [-0.25, -0.2) is 0 Å². The smallest absolute Gasteiger partial charge is 0.317 e. The second kappa shape index (κ2) is 4.26. The Morgan fingerprint density at radius 1 is 1.21 bits per heavy atom. The number of esters is 1. The fourth-order valence-corrected chi connectivity index (χ4v) is 3.31. The predicted octanol–water partition coefficient (Wildman–Crippen LogP) is 3.15. The number of aryl methyl sites for hydroxylation is 2. The number of ether oxygens (including phenoxy) is 2. The van der Waals surface area contributed by atoms with Crippen LogP contribution in [0.15, 0.2) is 12.1 Å². The molecule has 0 saturated heterocycles. The highest BCUT2D eigenvalue weighted by atomic mass is 16.5. The predicted molar refractivity (Wildman–Crippen MR) is 74.6 cm³/mol. The molecule has 1 aromatic rings. The molecule has 1 aliphatic carbocycles. The lowest BCUT2D eigenvalue weighted by Gasteiger charge is -2.23. The maximum atomic E-state index is 12.3. The van der Waals surface area contributed by atoms with Crippen molar-refractivity contribution in [1.82, 2.24) is 0 Å². The number of carbonyl (C=O) groups is 1. The molecule has 0 spiro atoms. The van der Waals surface area contributed by atoms with Crippen molar-refractivity contribution < 1.29 is 14.3 Å². The van der Waals surface area contributed by atoms with E-state index in [1.165, 1.54) is 7.11 Å². The van der Waals surface area contributed by atoms with Gasteiger partial charge in [-0.3, -0.25) is 4.79 Å². The average molecular weight is 262 g/mol. The summed E-state index contributed by atoms with van der Waals surface area (Å²) in [5.41, 5.74) is 2.56. The topological polar surface area (TPSA) is 35.5 Å². The van der Waals surface area contributed by atoms with E-state index < -0.39 is 5.41 Å². The third kappa shape index (κ3) is 1.83. The molecule has 0 radical (unpaired) electrons. The molecule has 3 nitrogen and oxygen atoms in total. The molecule has 0 heterocycles. The Balaban J connectivity index is 2.67. The third-order valence-corrected chi connectivity index (χ3v) is 4.36. The molecule has 1 fully saturated rings. The first-order valence-corrected chi connectivity index (χ1v) is 6.54. The average Bonchev–Trinajstić information content (AvgIpc) is 2.90. The second-order valence-corrected chi connectivity index (χ2v) is 6.12. The van der Waals surface area contributed by atoms with Gasteiger partial charge in [0.15, 0.2) is 0 Å². The maximum Gasteiger partial charge on any atom is 0.317 e. The van der Waals surface area contributed by atoms with E-state index >= 15 is 0 Å². The zero-order chi connectivity index (χ0) is 14.4. The van der Waals surface area contributed by atoms with Crippen LogP contribution in [-0.4, -0.2) is 20.2 Å². The van der Waals surface area contributed by atoms with E-state index in [1.807, 2.05) is 19.9 Å². The molecule has 3 heteroatoms. The molecule has 0 bridgehead atoms. The molecule has 1 aromatic carbocycles. The molecule has 0 amide bonds. The van der Waals surface area contributed by atoms with E-state index in [0.717, 1.165) is 28.9 Å². The highest BCUT2D eigenvalue weighted by Crippen LogP contribution is 2.67.